The van der Waals surface area contributed by atoms with Gasteiger partial charge < -0.3 is 20.7 Å². The van der Waals surface area contributed by atoms with Crippen LogP contribution in [0, 0.1) is 0 Å². The van der Waals surface area contributed by atoms with E-state index in [0.717, 1.165) is 5.56 Å². The third-order valence-corrected chi connectivity index (χ3v) is 2.58. The van der Waals surface area contributed by atoms with Gasteiger partial charge in [-0.3, -0.25) is 0 Å². The summed E-state index contributed by atoms with van der Waals surface area (Å²) < 4.78 is 5.18. The van der Waals surface area contributed by atoms with E-state index in [1.165, 1.54) is 0 Å². The number of benzene rings is 1. The van der Waals surface area contributed by atoms with E-state index in [9.17, 15) is 9.59 Å². The smallest absolute Gasteiger partial charge is 0.407 e. The molecule has 1 aromatic carbocycles. The minimum absolute atomic E-state index is 0.242. The van der Waals surface area contributed by atoms with Crippen molar-refractivity contribution in [2.45, 2.75) is 32.4 Å². The SMILES string of the molecule is CNC(=O)NC(CNC(=O)OC(C)(C)C)c1ccccc1. The fourth-order valence-corrected chi connectivity index (χ4v) is 1.67. The van der Waals surface area contributed by atoms with E-state index in [0.29, 0.717) is 0 Å². The zero-order chi connectivity index (χ0) is 15.9. The number of alkyl carbamates (subject to hydrolysis) is 1. The Balaban J connectivity index is 2.66. The molecule has 0 aliphatic rings. The number of nitrogens with one attached hydrogen (secondary N) is 3. The van der Waals surface area contributed by atoms with Crippen molar-refractivity contribution in [3.05, 3.63) is 35.9 Å². The third-order valence-electron chi connectivity index (χ3n) is 2.58. The molecule has 0 saturated heterocycles. The highest BCUT2D eigenvalue weighted by atomic mass is 16.6. The second-order valence-corrected chi connectivity index (χ2v) is 5.57. The summed E-state index contributed by atoms with van der Waals surface area (Å²) in [5, 5.41) is 7.94. The molecule has 3 N–H and O–H groups in total. The van der Waals surface area contributed by atoms with Gasteiger partial charge in [0, 0.05) is 13.6 Å². The molecule has 1 atom stereocenters. The highest BCUT2D eigenvalue weighted by Gasteiger charge is 2.19. The zero-order valence-electron chi connectivity index (χ0n) is 12.9. The lowest BCUT2D eigenvalue weighted by molar-refractivity contribution is 0.0522. The molecule has 0 aromatic heterocycles. The van der Waals surface area contributed by atoms with Crippen molar-refractivity contribution in [2.24, 2.45) is 0 Å². The van der Waals surface area contributed by atoms with Gasteiger partial charge in [0.1, 0.15) is 5.60 Å². The van der Waals surface area contributed by atoms with E-state index in [-0.39, 0.29) is 18.6 Å². The second-order valence-electron chi connectivity index (χ2n) is 5.57. The highest BCUT2D eigenvalue weighted by Crippen LogP contribution is 2.12. The van der Waals surface area contributed by atoms with E-state index in [1.807, 2.05) is 30.3 Å². The van der Waals surface area contributed by atoms with Crippen molar-refractivity contribution < 1.29 is 14.3 Å². The summed E-state index contributed by atoms with van der Waals surface area (Å²) in [7, 11) is 1.54. The van der Waals surface area contributed by atoms with Gasteiger partial charge >= 0.3 is 12.1 Å². The molecule has 6 heteroatoms. The Morgan fingerprint density at radius 3 is 2.33 bits per heavy atom. The van der Waals surface area contributed by atoms with Gasteiger partial charge in [-0.15, -0.1) is 0 Å². The predicted octanol–water partition coefficient (Wildman–Crippen LogP) is 2.18. The molecular weight excluding hydrogens is 270 g/mol. The van der Waals surface area contributed by atoms with Crippen LogP contribution in [-0.4, -0.2) is 31.3 Å². The summed E-state index contributed by atoms with van der Waals surface area (Å²) in [6.07, 6.45) is -0.512. The lowest BCUT2D eigenvalue weighted by Gasteiger charge is -2.23. The molecule has 1 unspecified atom stereocenters. The molecular formula is C15H23N3O3. The molecule has 6 nitrogen and oxygen atoms in total. The Morgan fingerprint density at radius 2 is 1.81 bits per heavy atom. The van der Waals surface area contributed by atoms with Gasteiger partial charge in [-0.25, -0.2) is 9.59 Å². The van der Waals surface area contributed by atoms with Crippen LogP contribution in [0.2, 0.25) is 0 Å². The van der Waals surface area contributed by atoms with Crippen molar-refractivity contribution in [1.82, 2.24) is 16.0 Å². The molecule has 1 aromatic rings. The number of carbonyl (C=O) groups excluding carboxylic acids is 2. The van der Waals surface area contributed by atoms with Crippen molar-refractivity contribution in [2.75, 3.05) is 13.6 Å². The van der Waals surface area contributed by atoms with Crippen LogP contribution in [-0.2, 0) is 4.74 Å². The van der Waals surface area contributed by atoms with Gasteiger partial charge in [-0.05, 0) is 26.3 Å². The maximum absolute atomic E-state index is 11.7. The molecule has 0 heterocycles. The first kappa shape index (κ1) is 16.8. The molecule has 0 bridgehead atoms. The first-order valence-corrected chi connectivity index (χ1v) is 6.82. The fraction of sp³-hybridized carbons (Fsp3) is 0.467. The molecule has 0 aliphatic carbocycles. The lowest BCUT2D eigenvalue weighted by Crippen LogP contribution is -2.42. The van der Waals surface area contributed by atoms with Gasteiger partial charge in [-0.1, -0.05) is 30.3 Å². The Bertz CT molecular complexity index is 469. The summed E-state index contributed by atoms with van der Waals surface area (Å²) >= 11 is 0. The Labute approximate surface area is 125 Å². The summed E-state index contributed by atoms with van der Waals surface area (Å²) in [6.45, 7) is 5.63. The minimum atomic E-state index is -0.555. The van der Waals surface area contributed by atoms with Crippen LogP contribution in [0.15, 0.2) is 30.3 Å². The zero-order valence-corrected chi connectivity index (χ0v) is 12.9. The summed E-state index contributed by atoms with van der Waals surface area (Å²) in [5.41, 5.74) is 0.345. The first-order valence-electron chi connectivity index (χ1n) is 6.82. The molecule has 21 heavy (non-hydrogen) atoms. The average molecular weight is 293 g/mol. The molecule has 0 aliphatic heterocycles. The van der Waals surface area contributed by atoms with Gasteiger partial charge in [-0.2, -0.15) is 0 Å². The van der Waals surface area contributed by atoms with Gasteiger partial charge in [0.05, 0.1) is 6.04 Å². The van der Waals surface area contributed by atoms with E-state index >= 15 is 0 Å². The Kier molecular flexibility index (Phi) is 6.02. The molecule has 0 saturated carbocycles. The number of carbonyl (C=O) groups is 2. The molecule has 3 amide bonds. The van der Waals surface area contributed by atoms with Crippen molar-refractivity contribution >= 4 is 12.1 Å². The Hall–Kier alpha value is -2.24. The van der Waals surface area contributed by atoms with E-state index in [2.05, 4.69) is 16.0 Å². The topological polar surface area (TPSA) is 79.5 Å². The largest absolute Gasteiger partial charge is 0.444 e. The normalized spacial score (nSPS) is 12.2. The number of urea groups is 1. The van der Waals surface area contributed by atoms with Crippen LogP contribution in [0.25, 0.3) is 0 Å². The monoisotopic (exact) mass is 293 g/mol. The number of ether oxygens (including phenoxy) is 1. The molecule has 0 fully saturated rings. The van der Waals surface area contributed by atoms with Crippen LogP contribution in [0.3, 0.4) is 0 Å². The summed E-state index contributed by atoms with van der Waals surface area (Å²) in [4.78, 5) is 23.2. The van der Waals surface area contributed by atoms with Crippen LogP contribution in [0.1, 0.15) is 32.4 Å². The minimum Gasteiger partial charge on any atom is -0.444 e. The summed E-state index contributed by atoms with van der Waals surface area (Å²) in [6, 6.07) is 8.77. The molecule has 116 valence electrons. The van der Waals surface area contributed by atoms with Crippen LogP contribution in [0.5, 0.6) is 0 Å². The Morgan fingerprint density at radius 1 is 1.19 bits per heavy atom. The predicted molar refractivity (Wildman–Crippen MR) is 81.0 cm³/mol. The standard InChI is InChI=1S/C15H23N3O3/c1-15(2,3)21-14(20)17-10-12(18-13(19)16-4)11-8-6-5-7-9-11/h5-9,12H,10H2,1-4H3,(H,17,20)(H2,16,18,19). The van der Waals surface area contributed by atoms with E-state index in [1.54, 1.807) is 27.8 Å². The van der Waals surface area contributed by atoms with Gasteiger partial charge in [0.25, 0.3) is 0 Å². The van der Waals surface area contributed by atoms with Crippen molar-refractivity contribution in [3.8, 4) is 0 Å². The number of rotatable bonds is 4. The van der Waals surface area contributed by atoms with Crippen LogP contribution < -0.4 is 16.0 Å². The van der Waals surface area contributed by atoms with E-state index < -0.39 is 11.7 Å². The van der Waals surface area contributed by atoms with Gasteiger partial charge in [0.2, 0.25) is 0 Å². The number of hydrogen-bond donors (Lipinski definition) is 3. The number of hydrogen-bond acceptors (Lipinski definition) is 3. The third kappa shape index (κ3) is 6.65. The molecule has 0 spiro atoms. The second kappa shape index (κ2) is 7.52. The van der Waals surface area contributed by atoms with Crippen LogP contribution in [0.4, 0.5) is 9.59 Å². The highest BCUT2D eigenvalue weighted by molar-refractivity contribution is 5.74. The van der Waals surface area contributed by atoms with Crippen molar-refractivity contribution in [3.63, 3.8) is 0 Å². The average Bonchev–Trinajstić information content (AvgIpc) is 2.42. The molecule has 0 radical (unpaired) electrons. The van der Waals surface area contributed by atoms with Crippen LogP contribution >= 0.6 is 0 Å². The maximum atomic E-state index is 11.7. The van der Waals surface area contributed by atoms with E-state index in [4.69, 9.17) is 4.74 Å². The maximum Gasteiger partial charge on any atom is 0.407 e. The summed E-state index contributed by atoms with van der Waals surface area (Å²) in [5.74, 6) is 0. The molecule has 1 rings (SSSR count). The quantitative estimate of drug-likeness (QED) is 0.796. The lowest BCUT2D eigenvalue weighted by atomic mass is 10.1. The first-order chi connectivity index (χ1) is 9.81. The van der Waals surface area contributed by atoms with Gasteiger partial charge in [0.15, 0.2) is 0 Å². The fourth-order valence-electron chi connectivity index (χ4n) is 1.67. The number of amides is 3. The van der Waals surface area contributed by atoms with Crippen molar-refractivity contribution in [1.29, 1.82) is 0 Å².